The number of phenolic OH excluding ortho intramolecular Hbond substituents is 1. The Morgan fingerprint density at radius 3 is 2.00 bits per heavy atom. The predicted molar refractivity (Wildman–Crippen MR) is 134 cm³/mol. The maximum atomic E-state index is 13.4. The minimum atomic E-state index is -1.25. The number of carboxylic acid groups (broad SMARTS) is 1. The van der Waals surface area contributed by atoms with E-state index in [0.29, 0.717) is 5.56 Å². The summed E-state index contributed by atoms with van der Waals surface area (Å²) in [5.41, 5.74) is 6.89. The van der Waals surface area contributed by atoms with Crippen molar-refractivity contribution in [2.45, 2.75) is 50.7 Å². The number of aromatic hydroxyl groups is 1. The molecule has 0 heterocycles. The zero-order chi connectivity index (χ0) is 27.5. The molecule has 0 saturated carbocycles. The van der Waals surface area contributed by atoms with Gasteiger partial charge >= 0.3 is 5.97 Å². The van der Waals surface area contributed by atoms with Crippen LogP contribution in [0.5, 0.6) is 5.75 Å². The van der Waals surface area contributed by atoms with Gasteiger partial charge in [-0.1, -0.05) is 42.5 Å². The zero-order valence-corrected chi connectivity index (χ0v) is 20.7. The van der Waals surface area contributed by atoms with Crippen molar-refractivity contribution in [3.63, 3.8) is 0 Å². The van der Waals surface area contributed by atoms with Crippen LogP contribution in [0.15, 0.2) is 54.6 Å². The molecule has 0 spiro atoms. The van der Waals surface area contributed by atoms with Gasteiger partial charge in [-0.15, -0.1) is 0 Å². The van der Waals surface area contributed by atoms with Crippen molar-refractivity contribution in [3.05, 3.63) is 65.7 Å². The number of carbonyl (C=O) groups excluding carboxylic acids is 4. The normalized spacial score (nSPS) is 13.0. The van der Waals surface area contributed by atoms with Crippen LogP contribution in [0.4, 0.5) is 0 Å². The molecule has 0 aliphatic heterocycles. The van der Waals surface area contributed by atoms with E-state index in [4.69, 9.17) is 5.73 Å². The molecular formula is C26H32N4O7. The van der Waals surface area contributed by atoms with Crippen LogP contribution in [0.25, 0.3) is 0 Å². The summed E-state index contributed by atoms with van der Waals surface area (Å²) in [5.74, 6) is -3.78. The quantitative estimate of drug-likeness (QED) is 0.257. The molecule has 0 bridgehead atoms. The maximum absolute atomic E-state index is 13.4. The van der Waals surface area contributed by atoms with Crippen LogP contribution in [0, 0.1) is 0 Å². The number of rotatable bonds is 13. The zero-order valence-electron chi connectivity index (χ0n) is 20.7. The van der Waals surface area contributed by atoms with Gasteiger partial charge < -0.3 is 31.5 Å². The van der Waals surface area contributed by atoms with E-state index in [0.717, 1.165) is 10.5 Å². The van der Waals surface area contributed by atoms with Gasteiger partial charge in [-0.25, -0.2) is 0 Å². The summed E-state index contributed by atoms with van der Waals surface area (Å²) in [7, 11) is 1.33. The van der Waals surface area contributed by atoms with Crippen LogP contribution in [-0.4, -0.2) is 69.9 Å². The summed E-state index contributed by atoms with van der Waals surface area (Å²) in [5, 5.41) is 23.8. The smallest absolute Gasteiger partial charge is 0.303 e. The van der Waals surface area contributed by atoms with Gasteiger partial charge in [-0.05, 0) is 29.7 Å². The van der Waals surface area contributed by atoms with Crippen molar-refractivity contribution in [1.29, 1.82) is 0 Å². The number of likely N-dealkylation sites (N-methyl/N-ethyl adjacent to an activating group) is 1. The second kappa shape index (κ2) is 13.6. The van der Waals surface area contributed by atoms with E-state index in [2.05, 4.69) is 10.6 Å². The average molecular weight is 513 g/mol. The lowest BCUT2D eigenvalue weighted by Crippen LogP contribution is -2.57. The number of nitrogens with zero attached hydrogens (tertiary/aromatic N) is 1. The molecular weight excluding hydrogens is 480 g/mol. The molecule has 0 aromatic heterocycles. The van der Waals surface area contributed by atoms with Crippen molar-refractivity contribution in [2.75, 3.05) is 7.05 Å². The minimum Gasteiger partial charge on any atom is -0.508 e. The largest absolute Gasteiger partial charge is 0.508 e. The minimum absolute atomic E-state index is 0.0354. The lowest BCUT2D eigenvalue weighted by Gasteiger charge is -2.31. The first-order valence-corrected chi connectivity index (χ1v) is 11.6. The van der Waals surface area contributed by atoms with Crippen LogP contribution in [0.1, 0.15) is 30.9 Å². The molecule has 11 heteroatoms. The first-order chi connectivity index (χ1) is 17.5. The second-order valence-electron chi connectivity index (χ2n) is 8.67. The van der Waals surface area contributed by atoms with E-state index < -0.39 is 54.1 Å². The van der Waals surface area contributed by atoms with Gasteiger partial charge in [0, 0.05) is 33.2 Å². The van der Waals surface area contributed by atoms with E-state index in [1.54, 1.807) is 42.5 Å². The molecule has 6 N–H and O–H groups in total. The Morgan fingerprint density at radius 1 is 0.892 bits per heavy atom. The third-order valence-electron chi connectivity index (χ3n) is 5.74. The number of hydrogen-bond acceptors (Lipinski definition) is 6. The van der Waals surface area contributed by atoms with E-state index >= 15 is 0 Å². The fourth-order valence-corrected chi connectivity index (χ4v) is 3.81. The standard InChI is InChI=1S/C26H32N4O7/c1-16(31)28-21(15-18-8-10-19(32)11-9-18)26(37)30(2)22(12-13-23(33)34)25(36)29-20(24(27)35)14-17-6-4-3-5-7-17/h3-11,20-22,32H,12-15H2,1-2H3,(H2,27,35)(H,28,31)(H,29,36)(H,33,34)/t20-,21-,22-/m0/s1. The lowest BCUT2D eigenvalue weighted by atomic mass is 10.0. The molecule has 0 saturated heterocycles. The fourth-order valence-electron chi connectivity index (χ4n) is 3.81. The second-order valence-corrected chi connectivity index (χ2v) is 8.67. The Morgan fingerprint density at radius 2 is 1.46 bits per heavy atom. The molecule has 4 amide bonds. The fraction of sp³-hybridized carbons (Fsp3) is 0.346. The first kappa shape index (κ1) is 28.8. The molecule has 2 rings (SSSR count). The van der Waals surface area contributed by atoms with E-state index in [1.807, 2.05) is 0 Å². The van der Waals surface area contributed by atoms with Gasteiger partial charge in [0.25, 0.3) is 0 Å². The van der Waals surface area contributed by atoms with Gasteiger partial charge in [0.1, 0.15) is 23.9 Å². The third kappa shape index (κ3) is 9.28. The van der Waals surface area contributed by atoms with Crippen molar-refractivity contribution in [2.24, 2.45) is 5.73 Å². The van der Waals surface area contributed by atoms with Crippen molar-refractivity contribution < 1.29 is 34.2 Å². The highest BCUT2D eigenvalue weighted by atomic mass is 16.4. The molecule has 37 heavy (non-hydrogen) atoms. The molecule has 0 aliphatic rings. The van der Waals surface area contributed by atoms with Gasteiger partial charge in [0.15, 0.2) is 0 Å². The Hall–Kier alpha value is -4.41. The first-order valence-electron chi connectivity index (χ1n) is 11.6. The number of aliphatic carboxylic acids is 1. The molecule has 11 nitrogen and oxygen atoms in total. The Labute approximate surface area is 214 Å². The van der Waals surface area contributed by atoms with Crippen molar-refractivity contribution in [3.8, 4) is 5.75 Å². The van der Waals surface area contributed by atoms with Crippen LogP contribution >= 0.6 is 0 Å². The van der Waals surface area contributed by atoms with E-state index in [9.17, 15) is 34.2 Å². The van der Waals surface area contributed by atoms with Crippen LogP contribution in [-0.2, 0) is 36.8 Å². The number of hydrogen-bond donors (Lipinski definition) is 5. The molecule has 0 radical (unpaired) electrons. The summed E-state index contributed by atoms with van der Waals surface area (Å²) in [6, 6.07) is 11.5. The monoisotopic (exact) mass is 512 g/mol. The summed E-state index contributed by atoms with van der Waals surface area (Å²) < 4.78 is 0. The summed E-state index contributed by atoms with van der Waals surface area (Å²) in [4.78, 5) is 62.8. The number of amides is 4. The molecule has 0 aliphatic carbocycles. The highest BCUT2D eigenvalue weighted by Gasteiger charge is 2.33. The molecule has 2 aromatic rings. The number of primary amides is 1. The van der Waals surface area contributed by atoms with Gasteiger partial charge in [-0.3, -0.25) is 24.0 Å². The number of carboxylic acids is 1. The van der Waals surface area contributed by atoms with Crippen LogP contribution in [0.2, 0.25) is 0 Å². The molecule has 0 fully saturated rings. The number of nitrogens with two attached hydrogens (primary N) is 1. The number of carbonyl (C=O) groups is 5. The van der Waals surface area contributed by atoms with Crippen LogP contribution in [0.3, 0.4) is 0 Å². The Bertz CT molecular complexity index is 1110. The van der Waals surface area contributed by atoms with Crippen molar-refractivity contribution >= 4 is 29.6 Å². The number of phenols is 1. The van der Waals surface area contributed by atoms with Gasteiger partial charge in [0.05, 0.1) is 0 Å². The molecule has 198 valence electrons. The highest BCUT2D eigenvalue weighted by molar-refractivity contribution is 5.94. The van der Waals surface area contributed by atoms with Gasteiger partial charge in [0.2, 0.25) is 23.6 Å². The average Bonchev–Trinajstić information content (AvgIpc) is 2.84. The molecule has 0 unspecified atom stereocenters. The summed E-state index contributed by atoms with van der Waals surface area (Å²) >= 11 is 0. The summed E-state index contributed by atoms with van der Waals surface area (Å²) in [6.07, 6.45) is -0.473. The predicted octanol–water partition coefficient (Wildman–Crippen LogP) is 0.344. The number of benzene rings is 2. The Balaban J connectivity index is 2.26. The van der Waals surface area contributed by atoms with E-state index in [-0.39, 0.29) is 25.0 Å². The Kier molecular flexibility index (Phi) is 10.6. The summed E-state index contributed by atoms with van der Waals surface area (Å²) in [6.45, 7) is 1.24. The van der Waals surface area contributed by atoms with Gasteiger partial charge in [-0.2, -0.15) is 0 Å². The molecule has 3 atom stereocenters. The SMILES string of the molecule is CC(=O)N[C@@H](Cc1ccc(O)cc1)C(=O)N(C)[C@@H](CCC(=O)O)C(=O)N[C@@H](Cc1ccccc1)C(N)=O. The van der Waals surface area contributed by atoms with Crippen LogP contribution < -0.4 is 16.4 Å². The topological polar surface area (TPSA) is 179 Å². The third-order valence-corrected chi connectivity index (χ3v) is 5.74. The lowest BCUT2D eigenvalue weighted by molar-refractivity contribution is -0.144. The highest BCUT2D eigenvalue weighted by Crippen LogP contribution is 2.15. The van der Waals surface area contributed by atoms with E-state index in [1.165, 1.54) is 26.1 Å². The van der Waals surface area contributed by atoms with Crippen molar-refractivity contribution in [1.82, 2.24) is 15.5 Å². The molecule has 2 aromatic carbocycles. The maximum Gasteiger partial charge on any atom is 0.303 e. The number of nitrogens with one attached hydrogen (secondary N) is 2.